The second-order valence-corrected chi connectivity index (χ2v) is 5.33. The lowest BCUT2D eigenvalue weighted by molar-refractivity contribution is 0.0735. The van der Waals surface area contributed by atoms with Gasteiger partial charge in [0.1, 0.15) is 0 Å². The van der Waals surface area contributed by atoms with E-state index in [2.05, 4.69) is 5.92 Å². The molecule has 0 bridgehead atoms. The molecule has 0 spiro atoms. The van der Waals surface area contributed by atoms with E-state index < -0.39 is 28.3 Å². The van der Waals surface area contributed by atoms with Gasteiger partial charge in [-0.25, -0.2) is 21.5 Å². The molecule has 80 valence electrons. The Balaban J connectivity index is 2.82. The molecule has 0 aromatic rings. The molecule has 0 saturated carbocycles. The van der Waals surface area contributed by atoms with E-state index in [4.69, 9.17) is 6.42 Å². The van der Waals surface area contributed by atoms with Gasteiger partial charge in [-0.1, -0.05) is 0 Å². The van der Waals surface area contributed by atoms with Gasteiger partial charge in [-0.15, -0.1) is 12.3 Å². The minimum atomic E-state index is -3.41. The molecule has 0 amide bonds. The van der Waals surface area contributed by atoms with Gasteiger partial charge >= 0.3 is 0 Å². The van der Waals surface area contributed by atoms with E-state index in [1.807, 2.05) is 0 Å². The summed E-state index contributed by atoms with van der Waals surface area (Å²) >= 11 is 0. The van der Waals surface area contributed by atoms with Gasteiger partial charge in [-0.3, -0.25) is 0 Å². The number of sulfonamides is 1. The number of terminal acetylenes is 1. The van der Waals surface area contributed by atoms with E-state index in [-0.39, 0.29) is 13.1 Å². The Labute approximate surface area is 82.1 Å². The molecule has 1 aliphatic heterocycles. The number of halogens is 2. The second kappa shape index (κ2) is 3.83. The van der Waals surface area contributed by atoms with E-state index in [0.29, 0.717) is 0 Å². The van der Waals surface area contributed by atoms with E-state index in [1.54, 1.807) is 0 Å². The molecule has 1 fully saturated rings. The molecule has 1 rings (SSSR count). The average molecular weight is 223 g/mol. The quantitative estimate of drug-likeness (QED) is 0.635. The summed E-state index contributed by atoms with van der Waals surface area (Å²) in [7, 11) is -3.41. The predicted octanol–water partition coefficient (Wildman–Crippen LogP) is 0.392. The Bertz CT molecular complexity index is 347. The lowest BCUT2D eigenvalue weighted by Gasteiger charge is -2.12. The van der Waals surface area contributed by atoms with E-state index >= 15 is 0 Å². The molecule has 2 atom stereocenters. The first-order valence-electron chi connectivity index (χ1n) is 4.05. The van der Waals surface area contributed by atoms with Crippen molar-refractivity contribution in [3.8, 4) is 12.3 Å². The molecule has 0 aromatic carbocycles. The average Bonchev–Trinajstić information content (AvgIpc) is 2.45. The fraction of sp³-hybridized carbons (Fsp3) is 0.750. The largest absolute Gasteiger partial charge is 0.243 e. The minimum absolute atomic E-state index is 0.00431. The summed E-state index contributed by atoms with van der Waals surface area (Å²) in [6, 6.07) is 0. The van der Waals surface area contributed by atoms with Crippen LogP contribution in [-0.4, -0.2) is 38.5 Å². The van der Waals surface area contributed by atoms with Crippen LogP contribution in [-0.2, 0) is 10.0 Å². The van der Waals surface area contributed by atoms with Gasteiger partial charge < -0.3 is 0 Å². The zero-order valence-electron chi connectivity index (χ0n) is 7.65. The van der Waals surface area contributed by atoms with Gasteiger partial charge in [0.15, 0.2) is 0 Å². The van der Waals surface area contributed by atoms with Crippen LogP contribution in [0.2, 0.25) is 0 Å². The monoisotopic (exact) mass is 223 g/mol. The van der Waals surface area contributed by atoms with Crippen molar-refractivity contribution in [1.82, 2.24) is 4.31 Å². The first kappa shape index (κ1) is 11.4. The lowest BCUT2D eigenvalue weighted by atomic mass is 9.98. The smallest absolute Gasteiger partial charge is 0.213 e. The topological polar surface area (TPSA) is 37.4 Å². The molecule has 1 saturated heterocycles. The van der Waals surface area contributed by atoms with Crippen molar-refractivity contribution in [2.24, 2.45) is 11.8 Å². The summed E-state index contributed by atoms with van der Waals surface area (Å²) < 4.78 is 48.0. The third kappa shape index (κ3) is 2.22. The third-order valence-electron chi connectivity index (χ3n) is 2.34. The summed E-state index contributed by atoms with van der Waals surface area (Å²) in [4.78, 5) is 0. The number of alkyl halides is 2. The van der Waals surface area contributed by atoms with Crippen molar-refractivity contribution in [3.05, 3.63) is 0 Å². The molecular weight excluding hydrogens is 212 g/mol. The standard InChI is InChI=1S/C8H11F2NO2S/c1-3-6-4-11(14(2,12)13)5-7(6)8(9)10/h1,6-8H,4-5H2,2H3/t6-,7-/m1/s1. The van der Waals surface area contributed by atoms with Crippen LogP contribution < -0.4 is 0 Å². The molecule has 0 aromatic heterocycles. The van der Waals surface area contributed by atoms with Crippen LogP contribution in [0.5, 0.6) is 0 Å². The van der Waals surface area contributed by atoms with Crippen LogP contribution in [0, 0.1) is 24.2 Å². The van der Waals surface area contributed by atoms with Gasteiger partial charge in [-0.05, 0) is 0 Å². The number of hydrogen-bond donors (Lipinski definition) is 0. The Kier molecular flexibility index (Phi) is 3.12. The maximum atomic E-state index is 12.4. The number of nitrogens with zero attached hydrogens (tertiary/aromatic N) is 1. The predicted molar refractivity (Wildman–Crippen MR) is 48.2 cm³/mol. The van der Waals surface area contributed by atoms with Crippen LogP contribution in [0.1, 0.15) is 0 Å². The van der Waals surface area contributed by atoms with Crippen LogP contribution >= 0.6 is 0 Å². The fourth-order valence-electron chi connectivity index (χ4n) is 1.49. The summed E-state index contributed by atoms with van der Waals surface area (Å²) in [5, 5.41) is 0. The zero-order valence-corrected chi connectivity index (χ0v) is 8.47. The first-order chi connectivity index (χ1) is 6.36. The van der Waals surface area contributed by atoms with Crippen molar-refractivity contribution in [1.29, 1.82) is 0 Å². The van der Waals surface area contributed by atoms with Crippen molar-refractivity contribution in [3.63, 3.8) is 0 Å². The highest BCUT2D eigenvalue weighted by atomic mass is 32.2. The molecule has 0 aliphatic carbocycles. The van der Waals surface area contributed by atoms with Gasteiger partial charge in [0, 0.05) is 24.9 Å². The normalized spacial score (nSPS) is 29.4. The Morgan fingerprint density at radius 3 is 2.36 bits per heavy atom. The van der Waals surface area contributed by atoms with Crippen LogP contribution in [0.25, 0.3) is 0 Å². The van der Waals surface area contributed by atoms with Crippen molar-refractivity contribution in [2.75, 3.05) is 19.3 Å². The fourth-order valence-corrected chi connectivity index (χ4v) is 2.37. The van der Waals surface area contributed by atoms with E-state index in [1.165, 1.54) is 0 Å². The van der Waals surface area contributed by atoms with E-state index in [0.717, 1.165) is 10.6 Å². The summed E-state index contributed by atoms with van der Waals surface area (Å²) in [6.07, 6.45) is 3.49. The van der Waals surface area contributed by atoms with Crippen LogP contribution in [0.3, 0.4) is 0 Å². The Morgan fingerprint density at radius 1 is 1.50 bits per heavy atom. The number of hydrogen-bond acceptors (Lipinski definition) is 2. The third-order valence-corrected chi connectivity index (χ3v) is 3.57. The van der Waals surface area contributed by atoms with Crippen molar-refractivity contribution < 1.29 is 17.2 Å². The maximum absolute atomic E-state index is 12.4. The molecule has 0 unspecified atom stereocenters. The highest BCUT2D eigenvalue weighted by Crippen LogP contribution is 2.29. The van der Waals surface area contributed by atoms with Gasteiger partial charge in [0.2, 0.25) is 16.4 Å². The van der Waals surface area contributed by atoms with Crippen molar-refractivity contribution in [2.45, 2.75) is 6.43 Å². The van der Waals surface area contributed by atoms with E-state index in [9.17, 15) is 17.2 Å². The van der Waals surface area contributed by atoms with Crippen molar-refractivity contribution >= 4 is 10.0 Å². The molecule has 6 heteroatoms. The molecule has 1 aliphatic rings. The highest BCUT2D eigenvalue weighted by molar-refractivity contribution is 7.88. The molecular formula is C8H11F2NO2S. The number of rotatable bonds is 2. The molecule has 14 heavy (non-hydrogen) atoms. The molecule has 0 N–H and O–H groups in total. The summed E-state index contributed by atoms with van der Waals surface area (Å²) in [6.45, 7) is -0.171. The molecule has 3 nitrogen and oxygen atoms in total. The second-order valence-electron chi connectivity index (χ2n) is 3.35. The summed E-state index contributed by atoms with van der Waals surface area (Å²) in [5.41, 5.74) is 0. The zero-order chi connectivity index (χ0) is 10.9. The minimum Gasteiger partial charge on any atom is -0.213 e. The Morgan fingerprint density at radius 2 is 2.07 bits per heavy atom. The molecule has 0 radical (unpaired) electrons. The highest BCUT2D eigenvalue weighted by Gasteiger charge is 2.40. The maximum Gasteiger partial charge on any atom is 0.243 e. The SMILES string of the molecule is C#C[C@@H]1CN(S(C)(=O)=O)C[C@H]1C(F)F. The van der Waals surface area contributed by atoms with Gasteiger partial charge in [0.25, 0.3) is 0 Å². The van der Waals surface area contributed by atoms with Gasteiger partial charge in [-0.2, -0.15) is 0 Å². The van der Waals surface area contributed by atoms with Crippen LogP contribution in [0.4, 0.5) is 8.78 Å². The Hall–Kier alpha value is -0.670. The summed E-state index contributed by atoms with van der Waals surface area (Å²) in [5.74, 6) is 0.502. The van der Waals surface area contributed by atoms with Gasteiger partial charge in [0.05, 0.1) is 6.26 Å². The lowest BCUT2D eigenvalue weighted by Crippen LogP contribution is -2.28. The van der Waals surface area contributed by atoms with Crippen LogP contribution in [0.15, 0.2) is 0 Å². The first-order valence-corrected chi connectivity index (χ1v) is 5.90. The molecule has 1 heterocycles.